The molecule has 2 aliphatic rings. The van der Waals surface area contributed by atoms with E-state index in [9.17, 15) is 4.79 Å². The highest BCUT2D eigenvalue weighted by Crippen LogP contribution is 2.44. The molecule has 0 aromatic heterocycles. The van der Waals surface area contributed by atoms with Gasteiger partial charge in [0, 0.05) is 39.6 Å². The zero-order valence-corrected chi connectivity index (χ0v) is 15.9. The van der Waals surface area contributed by atoms with Crippen LogP contribution in [-0.2, 0) is 4.79 Å². The molecule has 1 aliphatic carbocycles. The number of rotatable bonds is 3. The van der Waals surface area contributed by atoms with E-state index in [2.05, 4.69) is 34.4 Å². The molecule has 2 rings (SSSR count). The molecule has 122 valence electrons. The second-order valence-corrected chi connectivity index (χ2v) is 6.74. The van der Waals surface area contributed by atoms with Gasteiger partial charge in [0.15, 0.2) is 5.96 Å². The van der Waals surface area contributed by atoms with Crippen molar-refractivity contribution in [3.63, 3.8) is 0 Å². The lowest BCUT2D eigenvalue weighted by atomic mass is 9.93. The van der Waals surface area contributed by atoms with E-state index in [1.165, 1.54) is 6.42 Å². The fourth-order valence-electron chi connectivity index (χ4n) is 2.88. The molecule has 1 saturated carbocycles. The molecule has 5 nitrogen and oxygen atoms in total. The molecule has 1 aliphatic heterocycles. The van der Waals surface area contributed by atoms with Crippen LogP contribution in [-0.4, -0.2) is 50.0 Å². The third-order valence-corrected chi connectivity index (χ3v) is 4.70. The number of nitrogens with zero attached hydrogens (tertiary/aromatic N) is 2. The minimum absolute atomic E-state index is 0. The van der Waals surface area contributed by atoms with Gasteiger partial charge in [-0.25, -0.2) is 0 Å². The fourth-order valence-corrected chi connectivity index (χ4v) is 2.88. The largest absolute Gasteiger partial charge is 0.359 e. The number of aliphatic imine (C=N–C) groups is 1. The molecule has 0 bridgehead atoms. The quantitative estimate of drug-likeness (QED) is 0.426. The standard InChI is InChI=1S/C15H28N4O.HI/c1-15(2)10-12(15)18-14(17-4)19-7-5-11(6-8-19)9-13(20)16-3;/h11-12H,5-10H2,1-4H3,(H,16,20)(H,17,18);1H. The molecule has 1 amide bonds. The highest BCUT2D eigenvalue weighted by atomic mass is 127. The van der Waals surface area contributed by atoms with Crippen molar-refractivity contribution >= 4 is 35.8 Å². The Bertz CT molecular complexity index is 389. The zero-order valence-electron chi connectivity index (χ0n) is 13.6. The molecule has 2 fully saturated rings. The lowest BCUT2D eigenvalue weighted by molar-refractivity contribution is -0.121. The number of guanidine groups is 1. The van der Waals surface area contributed by atoms with E-state index in [1.807, 2.05) is 7.05 Å². The van der Waals surface area contributed by atoms with Crippen molar-refractivity contribution in [3.05, 3.63) is 0 Å². The topological polar surface area (TPSA) is 56.7 Å². The van der Waals surface area contributed by atoms with Gasteiger partial charge in [-0.2, -0.15) is 0 Å². The number of hydrogen-bond donors (Lipinski definition) is 2. The van der Waals surface area contributed by atoms with Crippen LogP contribution >= 0.6 is 24.0 Å². The SMILES string of the molecule is CN=C(NC1CC1(C)C)N1CCC(CC(=O)NC)CC1.I. The first-order chi connectivity index (χ1) is 9.46. The summed E-state index contributed by atoms with van der Waals surface area (Å²) >= 11 is 0. The van der Waals surface area contributed by atoms with Crippen LogP contribution in [0.1, 0.15) is 39.5 Å². The number of nitrogens with one attached hydrogen (secondary N) is 2. The van der Waals surface area contributed by atoms with Gasteiger partial charge in [0.2, 0.25) is 5.91 Å². The Balaban J connectivity index is 0.00000220. The monoisotopic (exact) mass is 408 g/mol. The highest BCUT2D eigenvalue weighted by molar-refractivity contribution is 14.0. The van der Waals surface area contributed by atoms with Crippen molar-refractivity contribution in [1.29, 1.82) is 0 Å². The van der Waals surface area contributed by atoms with E-state index < -0.39 is 0 Å². The van der Waals surface area contributed by atoms with Crippen LogP contribution in [0, 0.1) is 11.3 Å². The van der Waals surface area contributed by atoms with Crippen LogP contribution in [0.5, 0.6) is 0 Å². The van der Waals surface area contributed by atoms with Crippen molar-refractivity contribution < 1.29 is 4.79 Å². The van der Waals surface area contributed by atoms with Gasteiger partial charge < -0.3 is 15.5 Å². The molecule has 1 unspecified atom stereocenters. The van der Waals surface area contributed by atoms with Crippen molar-refractivity contribution in [1.82, 2.24) is 15.5 Å². The summed E-state index contributed by atoms with van der Waals surface area (Å²) in [5, 5.41) is 6.28. The molecular formula is C15H29IN4O. The van der Waals surface area contributed by atoms with E-state index in [0.717, 1.165) is 31.9 Å². The summed E-state index contributed by atoms with van der Waals surface area (Å²) in [5.74, 6) is 1.70. The Morgan fingerprint density at radius 1 is 1.33 bits per heavy atom. The number of carbonyl (C=O) groups excluding carboxylic acids is 1. The number of amides is 1. The van der Waals surface area contributed by atoms with Crippen LogP contribution in [0.15, 0.2) is 4.99 Å². The molecule has 0 aromatic carbocycles. The first kappa shape index (κ1) is 18.5. The normalized spacial score (nSPS) is 25.0. The number of piperidine rings is 1. The molecular weight excluding hydrogens is 379 g/mol. The van der Waals surface area contributed by atoms with E-state index in [4.69, 9.17) is 0 Å². The molecule has 1 saturated heterocycles. The summed E-state index contributed by atoms with van der Waals surface area (Å²) in [5.41, 5.74) is 0.410. The Morgan fingerprint density at radius 2 is 1.90 bits per heavy atom. The zero-order chi connectivity index (χ0) is 14.8. The molecule has 1 atom stereocenters. The predicted molar refractivity (Wildman–Crippen MR) is 97.1 cm³/mol. The number of likely N-dealkylation sites (tertiary alicyclic amines) is 1. The average molecular weight is 408 g/mol. The van der Waals surface area contributed by atoms with Crippen LogP contribution in [0.25, 0.3) is 0 Å². The van der Waals surface area contributed by atoms with Crippen molar-refractivity contribution in [3.8, 4) is 0 Å². The Morgan fingerprint density at radius 3 is 2.33 bits per heavy atom. The average Bonchev–Trinajstić information content (AvgIpc) is 3.04. The number of carbonyl (C=O) groups is 1. The summed E-state index contributed by atoms with van der Waals surface area (Å²) in [4.78, 5) is 18.2. The van der Waals surface area contributed by atoms with Crippen LogP contribution < -0.4 is 10.6 Å². The third-order valence-electron chi connectivity index (χ3n) is 4.70. The lowest BCUT2D eigenvalue weighted by Gasteiger charge is -2.34. The van der Waals surface area contributed by atoms with Crippen molar-refractivity contribution in [2.45, 2.75) is 45.6 Å². The fraction of sp³-hybridized carbons (Fsp3) is 0.867. The smallest absolute Gasteiger partial charge is 0.220 e. The maximum atomic E-state index is 11.4. The minimum Gasteiger partial charge on any atom is -0.359 e. The van der Waals surface area contributed by atoms with Gasteiger partial charge in [0.1, 0.15) is 0 Å². The van der Waals surface area contributed by atoms with Gasteiger partial charge in [0.05, 0.1) is 0 Å². The van der Waals surface area contributed by atoms with Crippen LogP contribution in [0.2, 0.25) is 0 Å². The minimum atomic E-state index is 0. The molecule has 1 heterocycles. The van der Waals surface area contributed by atoms with Gasteiger partial charge in [0.25, 0.3) is 0 Å². The van der Waals surface area contributed by atoms with Crippen molar-refractivity contribution in [2.24, 2.45) is 16.3 Å². The number of halogens is 1. The van der Waals surface area contributed by atoms with E-state index in [-0.39, 0.29) is 29.9 Å². The first-order valence-corrected chi connectivity index (χ1v) is 7.65. The Labute approximate surface area is 145 Å². The molecule has 21 heavy (non-hydrogen) atoms. The Hall–Kier alpha value is -0.530. The highest BCUT2D eigenvalue weighted by Gasteiger charge is 2.46. The summed E-state index contributed by atoms with van der Waals surface area (Å²) in [7, 11) is 3.56. The van der Waals surface area contributed by atoms with E-state index in [1.54, 1.807) is 7.05 Å². The summed E-state index contributed by atoms with van der Waals surface area (Å²) in [6, 6.07) is 0.560. The first-order valence-electron chi connectivity index (χ1n) is 7.65. The van der Waals surface area contributed by atoms with E-state index >= 15 is 0 Å². The summed E-state index contributed by atoms with van der Waals surface area (Å²) in [6.07, 6.45) is 4.02. The van der Waals surface area contributed by atoms with E-state index in [0.29, 0.717) is 23.8 Å². The van der Waals surface area contributed by atoms with Gasteiger partial charge in [-0.3, -0.25) is 9.79 Å². The maximum absolute atomic E-state index is 11.4. The maximum Gasteiger partial charge on any atom is 0.220 e. The van der Waals surface area contributed by atoms with Crippen LogP contribution in [0.4, 0.5) is 0 Å². The molecule has 0 radical (unpaired) electrons. The number of hydrogen-bond acceptors (Lipinski definition) is 2. The second-order valence-electron chi connectivity index (χ2n) is 6.74. The summed E-state index contributed by atoms with van der Waals surface area (Å²) < 4.78 is 0. The van der Waals surface area contributed by atoms with Gasteiger partial charge in [-0.15, -0.1) is 24.0 Å². The summed E-state index contributed by atoms with van der Waals surface area (Å²) in [6.45, 7) is 6.56. The predicted octanol–water partition coefficient (Wildman–Crippen LogP) is 1.83. The Kier molecular flexibility index (Phi) is 6.74. The van der Waals surface area contributed by atoms with Gasteiger partial charge >= 0.3 is 0 Å². The van der Waals surface area contributed by atoms with Gasteiger partial charge in [-0.1, -0.05) is 13.8 Å². The van der Waals surface area contributed by atoms with Gasteiger partial charge in [-0.05, 0) is 30.6 Å². The van der Waals surface area contributed by atoms with Crippen LogP contribution in [0.3, 0.4) is 0 Å². The molecule has 2 N–H and O–H groups in total. The molecule has 0 spiro atoms. The second kappa shape index (κ2) is 7.65. The molecule has 6 heteroatoms. The lowest BCUT2D eigenvalue weighted by Crippen LogP contribution is -2.47. The third kappa shape index (κ3) is 5.00. The molecule has 0 aromatic rings. The van der Waals surface area contributed by atoms with Crippen molar-refractivity contribution in [2.75, 3.05) is 27.2 Å².